The van der Waals surface area contributed by atoms with Crippen LogP contribution in [0.3, 0.4) is 0 Å². The molecule has 0 saturated heterocycles. The van der Waals surface area contributed by atoms with Crippen LogP contribution in [0.1, 0.15) is 41.5 Å². The van der Waals surface area contributed by atoms with E-state index in [1.54, 1.807) is 24.3 Å². The van der Waals surface area contributed by atoms with E-state index in [2.05, 4.69) is 13.2 Å². The molecule has 0 aliphatic carbocycles. The third-order valence-electron chi connectivity index (χ3n) is 1.70. The second kappa shape index (κ2) is 17.8. The van der Waals surface area contributed by atoms with E-state index in [1.165, 1.54) is 6.08 Å². The highest BCUT2D eigenvalue weighted by atomic mass is 16.1. The number of allylic oxidation sites excluding steroid dienone is 8. The van der Waals surface area contributed by atoms with Crippen LogP contribution in [0.15, 0.2) is 60.8 Å². The first-order chi connectivity index (χ1) is 8.71. The highest BCUT2D eigenvalue weighted by Crippen LogP contribution is 2.09. The zero-order valence-electron chi connectivity index (χ0n) is 12.8. The number of carbonyl (C=O) groups excluding carboxylic acids is 1. The highest BCUT2D eigenvalue weighted by Gasteiger charge is 2.07. The zero-order chi connectivity index (χ0) is 15.0. The van der Waals surface area contributed by atoms with Gasteiger partial charge in [-0.25, -0.2) is 0 Å². The first-order valence-corrected chi connectivity index (χ1v) is 6.50. The third-order valence-corrected chi connectivity index (χ3v) is 1.70. The van der Waals surface area contributed by atoms with Crippen LogP contribution in [0.4, 0.5) is 0 Å². The monoisotopic (exact) mass is 248 g/mol. The quantitative estimate of drug-likeness (QED) is 0.468. The molecule has 0 heterocycles. The fraction of sp³-hybridized carbons (Fsp3) is 0.353. The molecule has 0 aromatic carbocycles. The van der Waals surface area contributed by atoms with Crippen LogP contribution in [-0.4, -0.2) is 5.78 Å². The summed E-state index contributed by atoms with van der Waals surface area (Å²) >= 11 is 0. The van der Waals surface area contributed by atoms with Gasteiger partial charge in [0.25, 0.3) is 0 Å². The summed E-state index contributed by atoms with van der Waals surface area (Å²) in [5.74, 6) is -0.0273. The van der Waals surface area contributed by atoms with Crippen molar-refractivity contribution in [3.63, 3.8) is 0 Å². The third kappa shape index (κ3) is 9.59. The maximum Gasteiger partial charge on any atom is 0.192 e. The summed E-state index contributed by atoms with van der Waals surface area (Å²) in [7, 11) is 0. The van der Waals surface area contributed by atoms with Gasteiger partial charge >= 0.3 is 0 Å². The van der Waals surface area contributed by atoms with Crippen LogP contribution >= 0.6 is 0 Å². The number of ketones is 1. The second-order valence-electron chi connectivity index (χ2n) is 2.63. The van der Waals surface area contributed by atoms with Gasteiger partial charge in [0.15, 0.2) is 5.78 Å². The molecule has 0 unspecified atom stereocenters. The van der Waals surface area contributed by atoms with Crippen molar-refractivity contribution >= 4 is 5.78 Å². The standard InChI is InChI=1S/C13H16O.2C2H6/c1-5-9-11(7-3)13(14)12(8-4)10-6-2;2*1-2/h5-10H,1,3H2,2,4H3;2*1-2H3/b10-6-,11-9+,12-8+;;. The summed E-state index contributed by atoms with van der Waals surface area (Å²) in [6.45, 7) is 18.8. The largest absolute Gasteiger partial charge is 0.289 e. The second-order valence-corrected chi connectivity index (χ2v) is 2.63. The molecule has 1 nitrogen and oxygen atoms in total. The number of hydrogen-bond donors (Lipinski definition) is 0. The maximum atomic E-state index is 11.8. The van der Waals surface area contributed by atoms with Gasteiger partial charge < -0.3 is 0 Å². The lowest BCUT2D eigenvalue weighted by Gasteiger charge is -2.00. The molecule has 0 fully saturated rings. The van der Waals surface area contributed by atoms with E-state index in [0.717, 1.165) is 0 Å². The molecule has 0 atom stereocenters. The van der Waals surface area contributed by atoms with Gasteiger partial charge in [-0.05, 0) is 13.8 Å². The molecule has 0 aromatic heterocycles. The lowest BCUT2D eigenvalue weighted by Crippen LogP contribution is -2.02. The number of hydrogen-bond acceptors (Lipinski definition) is 1. The van der Waals surface area contributed by atoms with Gasteiger partial charge in [-0.3, -0.25) is 4.79 Å². The molecule has 0 saturated carbocycles. The molecular formula is C17H28O. The molecule has 0 aromatic rings. The molecule has 0 amide bonds. The van der Waals surface area contributed by atoms with Crippen LogP contribution in [-0.2, 0) is 4.79 Å². The summed E-state index contributed by atoms with van der Waals surface area (Å²) in [5.41, 5.74) is 1.23. The molecule has 18 heavy (non-hydrogen) atoms. The summed E-state index contributed by atoms with van der Waals surface area (Å²) in [4.78, 5) is 11.8. The van der Waals surface area contributed by atoms with Crippen LogP contribution < -0.4 is 0 Å². The smallest absolute Gasteiger partial charge is 0.192 e. The first-order valence-electron chi connectivity index (χ1n) is 6.50. The van der Waals surface area contributed by atoms with Gasteiger partial charge in [-0.15, -0.1) is 0 Å². The SMILES string of the molecule is C=C/C=C(\C=C)C(=O)C(/C=C\C)=C/C.CC.CC. The van der Waals surface area contributed by atoms with Crippen LogP contribution in [0, 0.1) is 0 Å². The van der Waals surface area contributed by atoms with E-state index in [4.69, 9.17) is 0 Å². The van der Waals surface area contributed by atoms with Gasteiger partial charge in [0.05, 0.1) is 0 Å². The molecule has 0 N–H and O–H groups in total. The Bertz CT molecular complexity index is 315. The molecular weight excluding hydrogens is 220 g/mol. The zero-order valence-corrected chi connectivity index (χ0v) is 12.8. The van der Waals surface area contributed by atoms with Gasteiger partial charge in [-0.2, -0.15) is 0 Å². The highest BCUT2D eigenvalue weighted by molar-refractivity contribution is 6.11. The molecule has 1 heteroatoms. The number of rotatable bonds is 5. The molecule has 0 radical (unpaired) electrons. The normalized spacial score (nSPS) is 10.8. The number of Topliss-reactive ketones (excluding diaryl/α,β-unsaturated/α-hetero) is 1. The van der Waals surface area contributed by atoms with Crippen molar-refractivity contribution in [2.24, 2.45) is 0 Å². The van der Waals surface area contributed by atoms with E-state index in [1.807, 2.05) is 47.6 Å². The lowest BCUT2D eigenvalue weighted by molar-refractivity contribution is -0.111. The fourth-order valence-electron chi connectivity index (χ4n) is 1.01. The van der Waals surface area contributed by atoms with Crippen molar-refractivity contribution in [2.75, 3.05) is 0 Å². The minimum atomic E-state index is -0.0273. The Labute approximate surface area is 113 Å². The Morgan fingerprint density at radius 1 is 0.944 bits per heavy atom. The summed E-state index contributed by atoms with van der Waals surface area (Å²) in [5, 5.41) is 0. The van der Waals surface area contributed by atoms with Gasteiger partial charge in [-0.1, -0.05) is 77.3 Å². The lowest BCUT2D eigenvalue weighted by atomic mass is 10.0. The predicted octanol–water partition coefficient (Wildman–Crippen LogP) is 5.43. The van der Waals surface area contributed by atoms with Gasteiger partial charge in [0, 0.05) is 11.1 Å². The average molecular weight is 248 g/mol. The Balaban J connectivity index is -0.000000506. The Hall–Kier alpha value is -1.63. The average Bonchev–Trinajstić information content (AvgIpc) is 2.45. The Morgan fingerprint density at radius 3 is 1.72 bits per heavy atom. The van der Waals surface area contributed by atoms with Crippen LogP contribution in [0.2, 0.25) is 0 Å². The van der Waals surface area contributed by atoms with Crippen molar-refractivity contribution in [3.05, 3.63) is 60.8 Å². The first kappa shape index (κ1) is 21.6. The van der Waals surface area contributed by atoms with Crippen molar-refractivity contribution in [3.8, 4) is 0 Å². The predicted molar refractivity (Wildman–Crippen MR) is 84.8 cm³/mol. The van der Waals surface area contributed by atoms with E-state index in [9.17, 15) is 4.79 Å². The molecule has 0 rings (SSSR count). The van der Waals surface area contributed by atoms with E-state index >= 15 is 0 Å². The van der Waals surface area contributed by atoms with Gasteiger partial charge in [0.2, 0.25) is 0 Å². The van der Waals surface area contributed by atoms with Gasteiger partial charge in [0.1, 0.15) is 0 Å². The van der Waals surface area contributed by atoms with E-state index in [-0.39, 0.29) is 5.78 Å². The molecule has 0 aliphatic heterocycles. The van der Waals surface area contributed by atoms with Crippen molar-refractivity contribution < 1.29 is 4.79 Å². The molecule has 0 bridgehead atoms. The molecule has 0 spiro atoms. The van der Waals surface area contributed by atoms with E-state index in [0.29, 0.717) is 11.1 Å². The Kier molecular flexibility index (Phi) is 21.3. The van der Waals surface area contributed by atoms with Crippen molar-refractivity contribution in [1.82, 2.24) is 0 Å². The summed E-state index contributed by atoms with van der Waals surface area (Å²) < 4.78 is 0. The van der Waals surface area contributed by atoms with Crippen molar-refractivity contribution in [1.29, 1.82) is 0 Å². The number of carbonyl (C=O) groups is 1. The maximum absolute atomic E-state index is 11.8. The topological polar surface area (TPSA) is 17.1 Å². The minimum absolute atomic E-state index is 0.0273. The van der Waals surface area contributed by atoms with Crippen LogP contribution in [0.25, 0.3) is 0 Å². The van der Waals surface area contributed by atoms with E-state index < -0.39 is 0 Å². The van der Waals surface area contributed by atoms with Crippen LogP contribution in [0.5, 0.6) is 0 Å². The summed E-state index contributed by atoms with van der Waals surface area (Å²) in [6.07, 6.45) is 10.2. The fourth-order valence-corrected chi connectivity index (χ4v) is 1.01. The molecule has 0 aliphatic rings. The van der Waals surface area contributed by atoms with Crippen molar-refractivity contribution in [2.45, 2.75) is 41.5 Å². The summed E-state index contributed by atoms with van der Waals surface area (Å²) in [6, 6.07) is 0. The minimum Gasteiger partial charge on any atom is -0.289 e. The Morgan fingerprint density at radius 2 is 1.44 bits per heavy atom. The molecule has 102 valence electrons.